The van der Waals surface area contributed by atoms with Gasteiger partial charge in [-0.1, -0.05) is 42.5 Å². The largest absolute Gasteiger partial charge is 0.330 e. The molecule has 2 rings (SSSR count). The maximum atomic E-state index is 5.61. The molecule has 17 heavy (non-hydrogen) atoms. The van der Waals surface area contributed by atoms with E-state index in [4.69, 9.17) is 5.73 Å². The molecule has 0 spiro atoms. The first-order valence-electron chi connectivity index (χ1n) is 6.08. The molecule has 0 unspecified atom stereocenters. The van der Waals surface area contributed by atoms with Gasteiger partial charge in [-0.05, 0) is 54.6 Å². The molecule has 0 radical (unpaired) electrons. The smallest absolute Gasteiger partial charge is 0.00367 e. The van der Waals surface area contributed by atoms with Gasteiger partial charge in [-0.15, -0.1) is 0 Å². The van der Waals surface area contributed by atoms with E-state index in [9.17, 15) is 0 Å². The van der Waals surface area contributed by atoms with Crippen LogP contribution in [0.15, 0.2) is 42.5 Å². The van der Waals surface area contributed by atoms with Crippen LogP contribution in [0.4, 0.5) is 0 Å². The van der Waals surface area contributed by atoms with Gasteiger partial charge in [0.15, 0.2) is 0 Å². The molecule has 0 bridgehead atoms. The summed E-state index contributed by atoms with van der Waals surface area (Å²) in [6.45, 7) is 5.03. The van der Waals surface area contributed by atoms with Crippen molar-refractivity contribution in [2.24, 2.45) is 5.73 Å². The zero-order valence-electron chi connectivity index (χ0n) is 10.5. The van der Waals surface area contributed by atoms with E-state index in [2.05, 4.69) is 56.3 Å². The van der Waals surface area contributed by atoms with Crippen molar-refractivity contribution in [2.75, 3.05) is 6.54 Å². The summed E-state index contributed by atoms with van der Waals surface area (Å²) in [7, 11) is 0. The van der Waals surface area contributed by atoms with Crippen molar-refractivity contribution in [1.82, 2.24) is 0 Å². The fourth-order valence-corrected chi connectivity index (χ4v) is 2.32. The molecule has 2 aromatic carbocycles. The fraction of sp³-hybridized carbons (Fsp3) is 0.250. The van der Waals surface area contributed by atoms with Crippen LogP contribution in [-0.4, -0.2) is 6.54 Å². The van der Waals surface area contributed by atoms with Crippen molar-refractivity contribution in [2.45, 2.75) is 20.3 Å². The molecule has 0 saturated carbocycles. The van der Waals surface area contributed by atoms with Crippen molar-refractivity contribution >= 4 is 0 Å². The molecule has 1 nitrogen and oxygen atoms in total. The second-order valence-corrected chi connectivity index (χ2v) is 4.51. The van der Waals surface area contributed by atoms with Crippen LogP contribution in [0.25, 0.3) is 11.1 Å². The topological polar surface area (TPSA) is 26.0 Å². The predicted molar refractivity (Wildman–Crippen MR) is 74.1 cm³/mol. The lowest BCUT2D eigenvalue weighted by atomic mass is 9.94. The number of benzene rings is 2. The Morgan fingerprint density at radius 2 is 1.59 bits per heavy atom. The van der Waals surface area contributed by atoms with E-state index in [1.165, 1.54) is 27.8 Å². The maximum absolute atomic E-state index is 5.61. The molecule has 2 N–H and O–H groups in total. The van der Waals surface area contributed by atoms with E-state index in [0.29, 0.717) is 6.54 Å². The number of aryl methyl sites for hydroxylation is 2. The lowest BCUT2D eigenvalue weighted by Crippen LogP contribution is -2.02. The van der Waals surface area contributed by atoms with Crippen LogP contribution in [0.5, 0.6) is 0 Å². The summed E-state index contributed by atoms with van der Waals surface area (Å²) in [5, 5.41) is 0. The van der Waals surface area contributed by atoms with Gasteiger partial charge in [0.25, 0.3) is 0 Å². The molecule has 0 fully saturated rings. The Kier molecular flexibility index (Phi) is 3.60. The van der Waals surface area contributed by atoms with Gasteiger partial charge in [0.2, 0.25) is 0 Å². The van der Waals surface area contributed by atoms with E-state index in [1.54, 1.807) is 0 Å². The first-order valence-corrected chi connectivity index (χ1v) is 6.08. The Hall–Kier alpha value is -1.60. The second-order valence-electron chi connectivity index (χ2n) is 4.51. The van der Waals surface area contributed by atoms with Crippen LogP contribution in [0.2, 0.25) is 0 Å². The Balaban J connectivity index is 2.49. The van der Waals surface area contributed by atoms with E-state index < -0.39 is 0 Å². The van der Waals surface area contributed by atoms with Gasteiger partial charge in [-0.25, -0.2) is 0 Å². The molecule has 0 saturated heterocycles. The Bertz CT molecular complexity index is 494. The van der Waals surface area contributed by atoms with Crippen LogP contribution < -0.4 is 5.73 Å². The molecular formula is C16H19N. The molecule has 0 amide bonds. The van der Waals surface area contributed by atoms with Gasteiger partial charge in [0.05, 0.1) is 0 Å². The van der Waals surface area contributed by atoms with Gasteiger partial charge < -0.3 is 5.73 Å². The van der Waals surface area contributed by atoms with Gasteiger partial charge in [-0.2, -0.15) is 0 Å². The SMILES string of the molecule is Cc1cccc(C)c1-c1cccc(CCN)c1. The first-order chi connectivity index (χ1) is 8.22. The Morgan fingerprint density at radius 1 is 0.941 bits per heavy atom. The lowest BCUT2D eigenvalue weighted by Gasteiger charge is -2.11. The van der Waals surface area contributed by atoms with Crippen LogP contribution in [-0.2, 0) is 6.42 Å². The summed E-state index contributed by atoms with van der Waals surface area (Å²) < 4.78 is 0. The van der Waals surface area contributed by atoms with E-state index >= 15 is 0 Å². The van der Waals surface area contributed by atoms with Crippen molar-refractivity contribution in [3.8, 4) is 11.1 Å². The third-order valence-electron chi connectivity index (χ3n) is 3.13. The fourth-order valence-electron chi connectivity index (χ4n) is 2.32. The van der Waals surface area contributed by atoms with Crippen molar-refractivity contribution < 1.29 is 0 Å². The third-order valence-corrected chi connectivity index (χ3v) is 3.13. The van der Waals surface area contributed by atoms with Gasteiger partial charge in [-0.3, -0.25) is 0 Å². The molecule has 0 aliphatic carbocycles. The minimum atomic E-state index is 0.705. The quantitative estimate of drug-likeness (QED) is 0.850. The average molecular weight is 225 g/mol. The number of hydrogen-bond donors (Lipinski definition) is 1. The number of nitrogens with two attached hydrogens (primary N) is 1. The lowest BCUT2D eigenvalue weighted by molar-refractivity contribution is 0.969. The highest BCUT2D eigenvalue weighted by molar-refractivity contribution is 5.71. The molecule has 0 atom stereocenters. The van der Waals surface area contributed by atoms with E-state index in [-0.39, 0.29) is 0 Å². The molecule has 88 valence electrons. The third kappa shape index (κ3) is 2.56. The Labute approximate surface area is 103 Å². The normalized spacial score (nSPS) is 10.5. The van der Waals surface area contributed by atoms with Crippen LogP contribution >= 0.6 is 0 Å². The number of rotatable bonds is 3. The second kappa shape index (κ2) is 5.15. The highest BCUT2D eigenvalue weighted by atomic mass is 14.5. The maximum Gasteiger partial charge on any atom is -0.00367 e. The summed E-state index contributed by atoms with van der Waals surface area (Å²) in [6, 6.07) is 15.1. The molecule has 2 aromatic rings. The molecule has 0 aliphatic heterocycles. The summed E-state index contributed by atoms with van der Waals surface area (Å²) in [5.74, 6) is 0. The van der Waals surface area contributed by atoms with Crippen molar-refractivity contribution in [3.63, 3.8) is 0 Å². The molecule has 0 aliphatic rings. The highest BCUT2D eigenvalue weighted by Crippen LogP contribution is 2.27. The minimum absolute atomic E-state index is 0.705. The average Bonchev–Trinajstić information content (AvgIpc) is 2.30. The van der Waals surface area contributed by atoms with Crippen LogP contribution in [0.1, 0.15) is 16.7 Å². The standard InChI is InChI=1S/C16H19N/c1-12-5-3-6-13(2)16(12)15-8-4-7-14(11-15)9-10-17/h3-8,11H,9-10,17H2,1-2H3. The van der Waals surface area contributed by atoms with Crippen molar-refractivity contribution in [3.05, 3.63) is 59.2 Å². The zero-order valence-corrected chi connectivity index (χ0v) is 10.5. The van der Waals surface area contributed by atoms with Gasteiger partial charge in [0, 0.05) is 0 Å². The van der Waals surface area contributed by atoms with Gasteiger partial charge in [0.1, 0.15) is 0 Å². The number of hydrogen-bond acceptors (Lipinski definition) is 1. The summed E-state index contributed by atoms with van der Waals surface area (Å²) >= 11 is 0. The van der Waals surface area contributed by atoms with Crippen LogP contribution in [0, 0.1) is 13.8 Å². The summed E-state index contributed by atoms with van der Waals surface area (Å²) in [5.41, 5.74) is 12.2. The molecule has 0 heterocycles. The monoisotopic (exact) mass is 225 g/mol. The summed E-state index contributed by atoms with van der Waals surface area (Å²) in [4.78, 5) is 0. The van der Waals surface area contributed by atoms with E-state index in [1.807, 2.05) is 0 Å². The van der Waals surface area contributed by atoms with Crippen molar-refractivity contribution in [1.29, 1.82) is 0 Å². The molecule has 0 aromatic heterocycles. The predicted octanol–water partition coefficient (Wildman–Crippen LogP) is 3.47. The molecular weight excluding hydrogens is 206 g/mol. The molecule has 1 heteroatoms. The zero-order chi connectivity index (χ0) is 12.3. The first kappa shape index (κ1) is 11.9. The highest BCUT2D eigenvalue weighted by Gasteiger charge is 2.05. The Morgan fingerprint density at radius 3 is 2.24 bits per heavy atom. The van der Waals surface area contributed by atoms with Gasteiger partial charge >= 0.3 is 0 Å². The summed E-state index contributed by atoms with van der Waals surface area (Å²) in [6.07, 6.45) is 0.943. The minimum Gasteiger partial charge on any atom is -0.330 e. The van der Waals surface area contributed by atoms with Crippen LogP contribution in [0.3, 0.4) is 0 Å². The van der Waals surface area contributed by atoms with E-state index in [0.717, 1.165) is 6.42 Å².